The van der Waals surface area contributed by atoms with Crippen molar-refractivity contribution < 1.29 is 9.18 Å². The van der Waals surface area contributed by atoms with Gasteiger partial charge in [0.1, 0.15) is 0 Å². The van der Waals surface area contributed by atoms with Gasteiger partial charge in [0.25, 0.3) is 5.91 Å². The van der Waals surface area contributed by atoms with E-state index in [1.54, 1.807) is 11.3 Å². The first kappa shape index (κ1) is 12.5. The molecule has 94 valence electrons. The van der Waals surface area contributed by atoms with Gasteiger partial charge in [-0.15, -0.1) is 11.3 Å². The van der Waals surface area contributed by atoms with E-state index in [2.05, 4.69) is 10.3 Å². The molecular weight excluding hydrogens is 253 g/mol. The minimum absolute atomic E-state index is 0.0753. The number of nitrogens with two attached hydrogens (primary N) is 1. The summed E-state index contributed by atoms with van der Waals surface area (Å²) in [7, 11) is 0. The lowest BCUT2D eigenvalue weighted by atomic mass is 10.2. The first-order valence-corrected chi connectivity index (χ1v) is 6.27. The van der Waals surface area contributed by atoms with Gasteiger partial charge in [-0.05, 0) is 23.9 Å². The largest absolute Gasteiger partial charge is 0.381 e. The highest BCUT2D eigenvalue weighted by Crippen LogP contribution is 2.12. The summed E-state index contributed by atoms with van der Waals surface area (Å²) in [5.74, 6) is -1.51. The van der Waals surface area contributed by atoms with Crippen LogP contribution in [-0.4, -0.2) is 17.4 Å². The van der Waals surface area contributed by atoms with E-state index in [4.69, 9.17) is 5.73 Å². The second-order valence-corrected chi connectivity index (χ2v) is 4.68. The van der Waals surface area contributed by atoms with E-state index >= 15 is 0 Å². The number of thiophene rings is 1. The summed E-state index contributed by atoms with van der Waals surface area (Å²) in [6.45, 7) is 0.459. The van der Waals surface area contributed by atoms with Crippen LogP contribution in [0.2, 0.25) is 0 Å². The van der Waals surface area contributed by atoms with Crippen LogP contribution < -0.4 is 11.1 Å². The number of anilines is 1. The molecule has 2 aromatic rings. The number of hydrogen-bond acceptors (Lipinski definition) is 4. The summed E-state index contributed by atoms with van der Waals surface area (Å²) < 4.78 is 13.5. The van der Waals surface area contributed by atoms with E-state index in [9.17, 15) is 9.18 Å². The number of carbonyl (C=O) groups excluding carboxylic acids is 1. The van der Waals surface area contributed by atoms with E-state index < -0.39 is 11.7 Å². The van der Waals surface area contributed by atoms with Gasteiger partial charge in [0.15, 0.2) is 11.6 Å². The molecule has 0 aliphatic rings. The predicted molar refractivity (Wildman–Crippen MR) is 69.0 cm³/mol. The molecular formula is C12H12FN3OS. The highest BCUT2D eigenvalue weighted by molar-refractivity contribution is 7.09. The van der Waals surface area contributed by atoms with Crippen molar-refractivity contribution >= 4 is 23.1 Å². The van der Waals surface area contributed by atoms with Crippen molar-refractivity contribution in [2.45, 2.75) is 6.42 Å². The fraction of sp³-hybridized carbons (Fsp3) is 0.167. The zero-order valence-corrected chi connectivity index (χ0v) is 10.3. The number of nitrogen functional groups attached to an aromatic ring is 1. The summed E-state index contributed by atoms with van der Waals surface area (Å²) in [5, 5.41) is 4.62. The Morgan fingerprint density at radius 1 is 1.50 bits per heavy atom. The lowest BCUT2D eigenvalue weighted by Gasteiger charge is -2.06. The molecule has 1 amide bonds. The number of halogens is 1. The topological polar surface area (TPSA) is 68.0 Å². The third-order valence-corrected chi connectivity index (χ3v) is 3.33. The molecule has 2 rings (SSSR count). The van der Waals surface area contributed by atoms with Gasteiger partial charge < -0.3 is 11.1 Å². The van der Waals surface area contributed by atoms with Gasteiger partial charge in [-0.2, -0.15) is 0 Å². The van der Waals surface area contributed by atoms with E-state index in [0.29, 0.717) is 6.54 Å². The lowest BCUT2D eigenvalue weighted by Crippen LogP contribution is -2.26. The Bertz CT molecular complexity index is 542. The number of rotatable bonds is 4. The normalized spacial score (nSPS) is 10.3. The molecule has 4 nitrogen and oxygen atoms in total. The van der Waals surface area contributed by atoms with Crippen molar-refractivity contribution in [3.8, 4) is 0 Å². The van der Waals surface area contributed by atoms with E-state index in [1.807, 2.05) is 17.5 Å². The molecule has 0 radical (unpaired) electrons. The van der Waals surface area contributed by atoms with Crippen LogP contribution >= 0.6 is 11.3 Å². The number of carbonyl (C=O) groups is 1. The van der Waals surface area contributed by atoms with Crippen LogP contribution in [0.5, 0.6) is 0 Å². The van der Waals surface area contributed by atoms with Gasteiger partial charge in [-0.1, -0.05) is 6.07 Å². The fourth-order valence-corrected chi connectivity index (χ4v) is 2.19. The van der Waals surface area contributed by atoms with Gasteiger partial charge in [-0.25, -0.2) is 9.37 Å². The van der Waals surface area contributed by atoms with Crippen LogP contribution in [0.15, 0.2) is 29.8 Å². The van der Waals surface area contributed by atoms with Gasteiger partial charge in [0, 0.05) is 17.6 Å². The van der Waals surface area contributed by atoms with Gasteiger partial charge >= 0.3 is 0 Å². The number of nitrogens with zero attached hydrogens (tertiary/aromatic N) is 1. The molecule has 0 unspecified atom stereocenters. The fourth-order valence-electron chi connectivity index (χ4n) is 1.48. The molecule has 0 spiro atoms. The molecule has 0 aliphatic carbocycles. The first-order valence-electron chi connectivity index (χ1n) is 5.39. The van der Waals surface area contributed by atoms with Crippen molar-refractivity contribution in [1.82, 2.24) is 10.3 Å². The highest BCUT2D eigenvalue weighted by Gasteiger charge is 2.13. The second-order valence-electron chi connectivity index (χ2n) is 3.64. The quantitative estimate of drug-likeness (QED) is 0.886. The molecule has 0 atom stereocenters. The van der Waals surface area contributed by atoms with Crippen LogP contribution in [0.1, 0.15) is 15.2 Å². The number of nitrogens with one attached hydrogen (secondary N) is 1. The summed E-state index contributed by atoms with van der Waals surface area (Å²) in [6, 6.07) is 5.25. The molecule has 6 heteroatoms. The summed E-state index contributed by atoms with van der Waals surface area (Å²) in [5.41, 5.74) is 5.22. The van der Waals surface area contributed by atoms with Crippen molar-refractivity contribution in [2.75, 3.05) is 12.3 Å². The van der Waals surface area contributed by atoms with Crippen molar-refractivity contribution in [1.29, 1.82) is 0 Å². The number of hydrogen-bond donors (Lipinski definition) is 2. The second kappa shape index (κ2) is 5.59. The van der Waals surface area contributed by atoms with Crippen LogP contribution in [0.25, 0.3) is 0 Å². The Morgan fingerprint density at radius 3 is 3.06 bits per heavy atom. The Morgan fingerprint density at radius 2 is 2.33 bits per heavy atom. The zero-order valence-electron chi connectivity index (χ0n) is 9.52. The molecule has 3 N–H and O–H groups in total. The zero-order chi connectivity index (χ0) is 13.0. The van der Waals surface area contributed by atoms with Crippen molar-refractivity contribution in [3.63, 3.8) is 0 Å². The third kappa shape index (κ3) is 2.84. The maximum Gasteiger partial charge on any atom is 0.254 e. The van der Waals surface area contributed by atoms with Gasteiger partial charge in [0.2, 0.25) is 0 Å². The van der Waals surface area contributed by atoms with Crippen molar-refractivity contribution in [3.05, 3.63) is 46.0 Å². The van der Waals surface area contributed by atoms with Gasteiger partial charge in [0.05, 0.1) is 5.56 Å². The molecule has 0 aliphatic heterocycles. The molecule has 2 heterocycles. The summed E-state index contributed by atoms with van der Waals surface area (Å²) in [4.78, 5) is 16.5. The van der Waals surface area contributed by atoms with Crippen LogP contribution in [0.4, 0.5) is 10.2 Å². The molecule has 0 aromatic carbocycles. The molecule has 0 saturated carbocycles. The Hall–Kier alpha value is -1.95. The SMILES string of the molecule is Nc1nccc(C(=O)NCCc2cccs2)c1F. The van der Waals surface area contributed by atoms with E-state index in [-0.39, 0.29) is 11.4 Å². The standard InChI is InChI=1S/C12H12FN3OS/c13-10-9(4-6-15-11(10)14)12(17)16-5-3-8-2-1-7-18-8/h1-2,4,6-7H,3,5H2,(H2,14,15)(H,16,17). The average Bonchev–Trinajstić information content (AvgIpc) is 2.85. The lowest BCUT2D eigenvalue weighted by molar-refractivity contribution is 0.0950. The highest BCUT2D eigenvalue weighted by atomic mass is 32.1. The number of aromatic nitrogens is 1. The van der Waals surface area contributed by atoms with Crippen molar-refractivity contribution in [2.24, 2.45) is 0 Å². The molecule has 0 saturated heterocycles. The van der Waals surface area contributed by atoms with Crippen LogP contribution in [0.3, 0.4) is 0 Å². The van der Waals surface area contributed by atoms with E-state index in [0.717, 1.165) is 6.42 Å². The molecule has 0 fully saturated rings. The smallest absolute Gasteiger partial charge is 0.254 e. The number of pyridine rings is 1. The maximum absolute atomic E-state index is 13.5. The van der Waals surface area contributed by atoms with Gasteiger partial charge in [-0.3, -0.25) is 4.79 Å². The average molecular weight is 265 g/mol. The molecule has 18 heavy (non-hydrogen) atoms. The van der Waals surface area contributed by atoms with Crippen LogP contribution in [0, 0.1) is 5.82 Å². The minimum atomic E-state index is -0.772. The Balaban J connectivity index is 1.93. The third-order valence-electron chi connectivity index (χ3n) is 2.40. The monoisotopic (exact) mass is 265 g/mol. The summed E-state index contributed by atoms with van der Waals surface area (Å²) >= 11 is 1.62. The Kier molecular flexibility index (Phi) is 3.88. The van der Waals surface area contributed by atoms with E-state index in [1.165, 1.54) is 17.1 Å². The number of amides is 1. The predicted octanol–water partition coefficient (Wildman–Crippen LogP) is 1.84. The Labute approximate surface area is 108 Å². The van der Waals surface area contributed by atoms with Crippen LogP contribution in [-0.2, 0) is 6.42 Å². The molecule has 2 aromatic heterocycles. The summed E-state index contributed by atoms with van der Waals surface area (Å²) in [6.07, 6.45) is 2.04. The maximum atomic E-state index is 13.5. The first-order chi connectivity index (χ1) is 8.68. The minimum Gasteiger partial charge on any atom is -0.381 e. The molecule has 0 bridgehead atoms.